The molecule has 1 aliphatic heterocycles. The highest BCUT2D eigenvalue weighted by molar-refractivity contribution is 7.93. The van der Waals surface area contributed by atoms with Gasteiger partial charge in [0.1, 0.15) is 6.54 Å². The first-order valence-corrected chi connectivity index (χ1v) is 12.8. The number of hydrogen-bond donors (Lipinski definition) is 1. The molecule has 3 aromatic rings. The first kappa shape index (κ1) is 23.8. The van der Waals surface area contributed by atoms with Crippen LogP contribution >= 0.6 is 0 Å². The smallest absolute Gasteiger partial charge is 0.324 e. The fraction of sp³-hybridized carbons (Fsp3) is 0.296. The average molecular weight is 479 g/mol. The van der Waals surface area contributed by atoms with Crippen molar-refractivity contribution in [3.63, 3.8) is 0 Å². The van der Waals surface area contributed by atoms with Crippen LogP contribution in [0.4, 0.5) is 11.4 Å². The molecule has 1 N–H and O–H groups in total. The molecule has 1 heterocycles. The van der Waals surface area contributed by atoms with Crippen molar-refractivity contribution in [1.29, 1.82) is 0 Å². The number of nitrogens with zero attached hydrogens (tertiary/aromatic N) is 2. The van der Waals surface area contributed by atoms with Gasteiger partial charge in [0, 0.05) is 24.3 Å². The van der Waals surface area contributed by atoms with E-state index in [1.807, 2.05) is 25.1 Å². The van der Waals surface area contributed by atoms with E-state index in [1.54, 1.807) is 26.0 Å². The minimum atomic E-state index is -4.10. The van der Waals surface area contributed by atoms with E-state index in [9.17, 15) is 18.3 Å². The summed E-state index contributed by atoms with van der Waals surface area (Å²) in [6.07, 6.45) is 0.648. The van der Waals surface area contributed by atoms with Gasteiger partial charge in [0.2, 0.25) is 0 Å². The van der Waals surface area contributed by atoms with Crippen molar-refractivity contribution in [2.24, 2.45) is 0 Å². The van der Waals surface area contributed by atoms with Gasteiger partial charge in [0.25, 0.3) is 10.0 Å². The van der Waals surface area contributed by atoms with Crippen LogP contribution in [0.15, 0.2) is 59.5 Å². The number of rotatable bonds is 7. The van der Waals surface area contributed by atoms with Crippen molar-refractivity contribution < 1.29 is 18.3 Å². The van der Waals surface area contributed by atoms with Crippen molar-refractivity contribution in [2.45, 2.75) is 45.6 Å². The van der Waals surface area contributed by atoms with Crippen LogP contribution in [0.25, 0.3) is 0 Å². The van der Waals surface area contributed by atoms with E-state index < -0.39 is 22.5 Å². The summed E-state index contributed by atoms with van der Waals surface area (Å²) in [5.74, 6) is -1.20. The normalized spacial score (nSPS) is 13.1. The van der Waals surface area contributed by atoms with Crippen molar-refractivity contribution >= 4 is 27.4 Å². The third-order valence-electron chi connectivity index (χ3n) is 6.29. The zero-order valence-corrected chi connectivity index (χ0v) is 20.8. The van der Waals surface area contributed by atoms with Gasteiger partial charge in [-0.05, 0) is 62.9 Å². The lowest BCUT2D eigenvalue weighted by Crippen LogP contribution is -2.37. The second-order valence-electron chi connectivity index (χ2n) is 9.07. The molecule has 0 atom stereocenters. The number of carboxylic acids is 1. The molecular weight excluding hydrogens is 448 g/mol. The number of benzene rings is 3. The van der Waals surface area contributed by atoms with E-state index in [4.69, 9.17) is 0 Å². The Morgan fingerprint density at radius 1 is 0.971 bits per heavy atom. The Labute approximate surface area is 201 Å². The molecule has 34 heavy (non-hydrogen) atoms. The summed E-state index contributed by atoms with van der Waals surface area (Å²) in [4.78, 5) is 14.2. The van der Waals surface area contributed by atoms with Crippen LogP contribution in [0.2, 0.25) is 0 Å². The molecule has 0 saturated heterocycles. The fourth-order valence-corrected chi connectivity index (χ4v) is 6.76. The third kappa shape index (κ3) is 4.53. The SMILES string of the molecule is Cc1ccc(CN2CCc3c2cccc3N(CC(=O)O)S(=O)(=O)c2c(C)cc(C)cc2C)cc1. The van der Waals surface area contributed by atoms with Crippen molar-refractivity contribution in [1.82, 2.24) is 0 Å². The maximum Gasteiger partial charge on any atom is 0.324 e. The van der Waals surface area contributed by atoms with Crippen LogP contribution in [-0.4, -0.2) is 32.6 Å². The van der Waals surface area contributed by atoms with Gasteiger partial charge in [0.05, 0.1) is 10.6 Å². The van der Waals surface area contributed by atoms with Crippen molar-refractivity contribution in [3.05, 3.63) is 88.0 Å². The van der Waals surface area contributed by atoms with Crippen LogP contribution in [0.3, 0.4) is 0 Å². The molecule has 0 aromatic heterocycles. The van der Waals surface area contributed by atoms with E-state index in [0.29, 0.717) is 29.8 Å². The van der Waals surface area contributed by atoms with Gasteiger partial charge < -0.3 is 10.0 Å². The van der Waals surface area contributed by atoms with Crippen LogP contribution in [0, 0.1) is 27.7 Å². The molecule has 178 valence electrons. The molecule has 0 aliphatic carbocycles. The summed E-state index contributed by atoms with van der Waals surface area (Å²) in [6.45, 7) is 8.29. The molecule has 0 saturated carbocycles. The number of aliphatic carboxylic acids is 1. The molecule has 0 radical (unpaired) electrons. The second-order valence-corrected chi connectivity index (χ2v) is 10.9. The maximum atomic E-state index is 13.9. The zero-order chi connectivity index (χ0) is 24.6. The first-order chi connectivity index (χ1) is 16.1. The van der Waals surface area contributed by atoms with Gasteiger partial charge in [-0.3, -0.25) is 9.10 Å². The van der Waals surface area contributed by atoms with Crippen molar-refractivity contribution in [2.75, 3.05) is 22.3 Å². The third-order valence-corrected chi connectivity index (χ3v) is 8.36. The molecule has 6 nitrogen and oxygen atoms in total. The first-order valence-electron chi connectivity index (χ1n) is 11.3. The average Bonchev–Trinajstić information content (AvgIpc) is 3.15. The lowest BCUT2D eigenvalue weighted by atomic mass is 10.1. The maximum absolute atomic E-state index is 13.9. The molecule has 4 rings (SSSR count). The lowest BCUT2D eigenvalue weighted by Gasteiger charge is -2.27. The Hall–Kier alpha value is -3.32. The molecule has 7 heteroatoms. The largest absolute Gasteiger partial charge is 0.480 e. The van der Waals surface area contributed by atoms with Gasteiger partial charge in [-0.1, -0.05) is 53.6 Å². The highest BCUT2D eigenvalue weighted by atomic mass is 32.2. The predicted octanol–water partition coefficient (Wildman–Crippen LogP) is 4.76. The Balaban J connectivity index is 1.78. The number of anilines is 2. The van der Waals surface area contributed by atoms with E-state index in [-0.39, 0.29) is 4.90 Å². The number of carbonyl (C=O) groups is 1. The molecule has 1 aliphatic rings. The van der Waals surface area contributed by atoms with Crippen LogP contribution < -0.4 is 9.21 Å². The zero-order valence-electron chi connectivity index (χ0n) is 20.0. The number of fused-ring (bicyclic) bond motifs is 1. The Morgan fingerprint density at radius 3 is 2.24 bits per heavy atom. The summed E-state index contributed by atoms with van der Waals surface area (Å²) >= 11 is 0. The molecule has 0 spiro atoms. The standard InChI is InChI=1S/C27H30N2O4S/c1-18-8-10-22(11-9-18)16-28-13-12-23-24(28)6-5-7-25(23)29(17-26(30)31)34(32,33)27-20(3)14-19(2)15-21(27)4/h5-11,14-15H,12-13,16-17H2,1-4H3,(H,30,31). The van der Waals surface area contributed by atoms with Crippen LogP contribution in [-0.2, 0) is 27.8 Å². The minimum Gasteiger partial charge on any atom is -0.480 e. The summed E-state index contributed by atoms with van der Waals surface area (Å²) in [5, 5.41) is 9.64. The Kier molecular flexibility index (Phi) is 6.41. The summed E-state index contributed by atoms with van der Waals surface area (Å²) in [7, 11) is -4.10. The monoisotopic (exact) mass is 478 g/mol. The number of aryl methyl sites for hydroxylation is 4. The molecule has 0 bridgehead atoms. The molecule has 3 aromatic carbocycles. The molecule has 0 fully saturated rings. The number of hydrogen-bond acceptors (Lipinski definition) is 4. The molecule has 0 amide bonds. The van der Waals surface area contributed by atoms with Crippen LogP contribution in [0.5, 0.6) is 0 Å². The van der Waals surface area contributed by atoms with Gasteiger partial charge in [-0.2, -0.15) is 0 Å². The van der Waals surface area contributed by atoms with Crippen LogP contribution in [0.1, 0.15) is 33.4 Å². The number of carboxylic acid groups (broad SMARTS) is 1. The molecule has 0 unspecified atom stereocenters. The van der Waals surface area contributed by atoms with Crippen molar-refractivity contribution in [3.8, 4) is 0 Å². The summed E-state index contributed by atoms with van der Waals surface area (Å²) in [5.41, 5.74) is 6.80. The van der Waals surface area contributed by atoms with Gasteiger partial charge in [0.15, 0.2) is 0 Å². The topological polar surface area (TPSA) is 77.9 Å². The van der Waals surface area contributed by atoms with Gasteiger partial charge >= 0.3 is 5.97 Å². The van der Waals surface area contributed by atoms with Gasteiger partial charge in [-0.25, -0.2) is 8.42 Å². The Bertz CT molecular complexity index is 1320. The molecular formula is C27H30N2O4S. The van der Waals surface area contributed by atoms with E-state index in [0.717, 1.165) is 27.7 Å². The van der Waals surface area contributed by atoms with E-state index in [2.05, 4.69) is 36.1 Å². The van der Waals surface area contributed by atoms with Gasteiger partial charge in [-0.15, -0.1) is 0 Å². The number of sulfonamides is 1. The summed E-state index contributed by atoms with van der Waals surface area (Å²) < 4.78 is 28.8. The second kappa shape index (κ2) is 9.14. The predicted molar refractivity (Wildman–Crippen MR) is 135 cm³/mol. The summed E-state index contributed by atoms with van der Waals surface area (Å²) in [6, 6.07) is 17.5. The van der Waals surface area contributed by atoms with E-state index in [1.165, 1.54) is 11.1 Å². The Morgan fingerprint density at radius 2 is 1.62 bits per heavy atom. The fourth-order valence-electron chi connectivity index (χ4n) is 4.90. The minimum absolute atomic E-state index is 0.173. The quantitative estimate of drug-likeness (QED) is 0.530. The highest BCUT2D eigenvalue weighted by Crippen LogP contribution is 2.39. The highest BCUT2D eigenvalue weighted by Gasteiger charge is 2.33. The van der Waals surface area contributed by atoms with E-state index >= 15 is 0 Å². The lowest BCUT2D eigenvalue weighted by molar-refractivity contribution is -0.135.